The summed E-state index contributed by atoms with van der Waals surface area (Å²) in [7, 11) is 0. The minimum atomic E-state index is 0.367. The summed E-state index contributed by atoms with van der Waals surface area (Å²) in [4.78, 5) is 0. The van der Waals surface area contributed by atoms with Gasteiger partial charge >= 0.3 is 0 Å². The highest BCUT2D eigenvalue weighted by Gasteiger charge is 2.23. The van der Waals surface area contributed by atoms with Crippen molar-refractivity contribution in [2.24, 2.45) is 11.8 Å². The van der Waals surface area contributed by atoms with E-state index in [0.717, 1.165) is 0 Å². The molecule has 12 rings (SSSR count). The van der Waals surface area contributed by atoms with Crippen molar-refractivity contribution in [3.05, 3.63) is 200 Å². The lowest BCUT2D eigenvalue weighted by Gasteiger charge is -2.24. The molecule has 3 heteroatoms. The van der Waals surface area contributed by atoms with Crippen LogP contribution in [-0.2, 0) is 0 Å². The molecule has 3 heterocycles. The number of aromatic nitrogens is 2. The fourth-order valence-corrected chi connectivity index (χ4v) is 10.5. The Morgan fingerprint density at radius 3 is 1.71 bits per heavy atom. The minimum Gasteiger partial charge on any atom is -0.309 e. The first kappa shape index (κ1) is 30.7. The Labute approximate surface area is 322 Å². The van der Waals surface area contributed by atoms with Gasteiger partial charge in [0, 0.05) is 70.5 Å². The van der Waals surface area contributed by atoms with E-state index in [-0.39, 0.29) is 0 Å². The molecule has 0 amide bonds. The lowest BCUT2D eigenvalue weighted by molar-refractivity contribution is 0.663. The van der Waals surface area contributed by atoms with E-state index in [0.29, 0.717) is 11.8 Å². The van der Waals surface area contributed by atoms with Crippen LogP contribution in [0, 0.1) is 11.8 Å². The highest BCUT2D eigenvalue weighted by molar-refractivity contribution is 7.26. The zero-order valence-corrected chi connectivity index (χ0v) is 30.7. The number of rotatable bonds is 4. The van der Waals surface area contributed by atoms with Crippen LogP contribution < -0.4 is 0 Å². The predicted molar refractivity (Wildman–Crippen MR) is 236 cm³/mol. The quantitative estimate of drug-likeness (QED) is 0.171. The van der Waals surface area contributed by atoms with Crippen molar-refractivity contribution < 1.29 is 0 Å². The van der Waals surface area contributed by atoms with E-state index in [1.165, 1.54) is 97.4 Å². The summed E-state index contributed by atoms with van der Waals surface area (Å²) in [5.41, 5.74) is 12.2. The third kappa shape index (κ3) is 4.67. The van der Waals surface area contributed by atoms with Crippen LogP contribution in [-0.4, -0.2) is 9.13 Å². The van der Waals surface area contributed by atoms with Gasteiger partial charge in [0.2, 0.25) is 0 Å². The van der Waals surface area contributed by atoms with Gasteiger partial charge in [0.15, 0.2) is 0 Å². The van der Waals surface area contributed by atoms with Crippen LogP contribution in [0.25, 0.3) is 91.9 Å². The van der Waals surface area contributed by atoms with E-state index in [1.54, 1.807) is 0 Å². The molecular formula is C52H34N2S. The Morgan fingerprint density at radius 2 is 1.00 bits per heavy atom. The number of allylic oxidation sites excluding steroid dienone is 8. The van der Waals surface area contributed by atoms with Crippen molar-refractivity contribution in [1.82, 2.24) is 9.13 Å². The van der Waals surface area contributed by atoms with E-state index in [9.17, 15) is 0 Å². The second kappa shape index (κ2) is 11.9. The molecule has 0 saturated heterocycles. The molecule has 0 spiro atoms. The largest absolute Gasteiger partial charge is 0.309 e. The first-order valence-electron chi connectivity index (χ1n) is 19.1. The number of thiophene rings is 1. The highest BCUT2D eigenvalue weighted by Crippen LogP contribution is 2.44. The molecule has 10 aromatic rings. The molecule has 2 unspecified atom stereocenters. The van der Waals surface area contributed by atoms with Gasteiger partial charge in [-0.3, -0.25) is 0 Å². The second-order valence-electron chi connectivity index (χ2n) is 14.9. The summed E-state index contributed by atoms with van der Waals surface area (Å²) < 4.78 is 7.57. The standard InChI is InChI=1S/C52H34N2S/c1-2-14-38(15-3-1)53-47-19-9-6-16-40(47)42-26-24-35(29-49(42)53)36-25-27-43-41-17-7-10-20-48(41)54(50(43)30-36)39-31-45(37-23-22-33-12-4-5-13-34(33)28-37)52-46(32-39)44-18-8-11-21-51(44)55-52/h1-34H. The molecule has 0 N–H and O–H groups in total. The van der Waals surface area contributed by atoms with Crippen LogP contribution in [0.1, 0.15) is 5.56 Å². The molecule has 0 fully saturated rings. The maximum absolute atomic E-state index is 2.50. The lowest BCUT2D eigenvalue weighted by Crippen LogP contribution is -2.11. The number of hydrogen-bond acceptors (Lipinski definition) is 1. The lowest BCUT2D eigenvalue weighted by atomic mass is 9.81. The average Bonchev–Trinajstić information content (AvgIpc) is 3.90. The van der Waals surface area contributed by atoms with Crippen LogP contribution >= 0.6 is 11.3 Å². The monoisotopic (exact) mass is 718 g/mol. The normalized spacial score (nSPS) is 16.6. The van der Waals surface area contributed by atoms with E-state index >= 15 is 0 Å². The molecule has 2 aliphatic rings. The van der Waals surface area contributed by atoms with Gasteiger partial charge in [0.05, 0.1) is 22.1 Å². The van der Waals surface area contributed by atoms with Gasteiger partial charge in [-0.25, -0.2) is 0 Å². The molecule has 0 bridgehead atoms. The number of fused-ring (bicyclic) bond motifs is 10. The Hall–Kier alpha value is -6.68. The highest BCUT2D eigenvalue weighted by atomic mass is 32.1. The first-order chi connectivity index (χ1) is 27.3. The molecule has 0 radical (unpaired) electrons. The van der Waals surface area contributed by atoms with Gasteiger partial charge in [-0.1, -0.05) is 140 Å². The average molecular weight is 719 g/mol. The van der Waals surface area contributed by atoms with E-state index in [1.807, 2.05) is 11.3 Å². The van der Waals surface area contributed by atoms with E-state index in [2.05, 4.69) is 203 Å². The van der Waals surface area contributed by atoms with Gasteiger partial charge in [-0.05, 0) is 71.3 Å². The van der Waals surface area contributed by atoms with Crippen molar-refractivity contribution >= 4 is 80.7 Å². The van der Waals surface area contributed by atoms with Crippen LogP contribution in [0.2, 0.25) is 0 Å². The fourth-order valence-electron chi connectivity index (χ4n) is 9.25. The van der Waals surface area contributed by atoms with Gasteiger partial charge in [0.25, 0.3) is 0 Å². The Balaban J connectivity index is 1.10. The Bertz CT molecular complexity index is 3330. The molecule has 258 valence electrons. The molecule has 0 saturated carbocycles. The number of hydrogen-bond donors (Lipinski definition) is 0. The Morgan fingerprint density at radius 1 is 0.418 bits per heavy atom. The van der Waals surface area contributed by atoms with Crippen LogP contribution in [0.15, 0.2) is 194 Å². The van der Waals surface area contributed by atoms with Crippen molar-refractivity contribution in [3.63, 3.8) is 0 Å². The molecule has 2 atom stereocenters. The topological polar surface area (TPSA) is 9.86 Å². The predicted octanol–water partition coefficient (Wildman–Crippen LogP) is 14.2. The number of para-hydroxylation sites is 3. The molecule has 7 aromatic carbocycles. The maximum Gasteiger partial charge on any atom is 0.0547 e. The third-order valence-corrected chi connectivity index (χ3v) is 13.0. The summed E-state index contributed by atoms with van der Waals surface area (Å²) >= 11 is 1.91. The van der Waals surface area contributed by atoms with Crippen molar-refractivity contribution in [3.8, 4) is 22.5 Å². The molecule has 2 aliphatic carbocycles. The number of benzene rings is 7. The number of nitrogens with zero attached hydrogens (tertiary/aromatic N) is 2. The Kier molecular flexibility index (Phi) is 6.66. The van der Waals surface area contributed by atoms with Crippen LogP contribution in [0.5, 0.6) is 0 Å². The molecule has 0 aliphatic heterocycles. The fraction of sp³-hybridized carbons (Fsp3) is 0.0385. The summed E-state index contributed by atoms with van der Waals surface area (Å²) in [6.45, 7) is 0. The van der Waals surface area contributed by atoms with Crippen molar-refractivity contribution in [1.29, 1.82) is 0 Å². The summed E-state index contributed by atoms with van der Waals surface area (Å²) in [5.74, 6) is 0.783. The summed E-state index contributed by atoms with van der Waals surface area (Å²) in [5, 5.41) is 7.68. The van der Waals surface area contributed by atoms with E-state index < -0.39 is 0 Å². The SMILES string of the molecule is C1=CC2C=CC(c3cc(-n4c5ccccc5c5ccc(-c6ccc7c8ccccc8n(-c8ccccc8)c7c6)cc54)cc4c3sc3ccccc34)=CC2C=C1. The summed E-state index contributed by atoms with van der Waals surface area (Å²) in [6.07, 6.45) is 16.2. The van der Waals surface area contributed by atoms with Gasteiger partial charge in [-0.2, -0.15) is 0 Å². The zero-order valence-electron chi connectivity index (χ0n) is 29.9. The third-order valence-electron chi connectivity index (χ3n) is 11.8. The maximum atomic E-state index is 2.50. The van der Waals surface area contributed by atoms with Gasteiger partial charge in [-0.15, -0.1) is 11.3 Å². The van der Waals surface area contributed by atoms with Gasteiger partial charge in [0.1, 0.15) is 0 Å². The van der Waals surface area contributed by atoms with E-state index in [4.69, 9.17) is 0 Å². The minimum absolute atomic E-state index is 0.367. The smallest absolute Gasteiger partial charge is 0.0547 e. The second-order valence-corrected chi connectivity index (χ2v) is 15.9. The van der Waals surface area contributed by atoms with Crippen molar-refractivity contribution in [2.75, 3.05) is 0 Å². The molecule has 3 aromatic heterocycles. The van der Waals surface area contributed by atoms with Gasteiger partial charge < -0.3 is 9.13 Å². The zero-order chi connectivity index (χ0) is 36.0. The molecule has 55 heavy (non-hydrogen) atoms. The molecular weight excluding hydrogens is 685 g/mol. The molecule has 2 nitrogen and oxygen atoms in total. The van der Waals surface area contributed by atoms with Crippen molar-refractivity contribution in [2.45, 2.75) is 0 Å². The van der Waals surface area contributed by atoms with Crippen LogP contribution in [0.3, 0.4) is 0 Å². The first-order valence-corrected chi connectivity index (χ1v) is 19.9. The summed E-state index contributed by atoms with van der Waals surface area (Å²) in [6, 6.07) is 56.1. The van der Waals surface area contributed by atoms with Crippen LogP contribution in [0.4, 0.5) is 0 Å².